The summed E-state index contributed by atoms with van der Waals surface area (Å²) in [7, 11) is 0. The van der Waals surface area contributed by atoms with Gasteiger partial charge in [-0.3, -0.25) is 4.79 Å². The lowest BCUT2D eigenvalue weighted by molar-refractivity contribution is 0.0900. The number of halogens is 2. The molecule has 0 aromatic heterocycles. The molecule has 15 heavy (non-hydrogen) atoms. The molecule has 1 atom stereocenters. The molecule has 1 unspecified atom stereocenters. The van der Waals surface area contributed by atoms with Crippen LogP contribution in [0.25, 0.3) is 0 Å². The Bertz CT molecular complexity index is 372. The monoisotopic (exact) mass is 244 g/mol. The third-order valence-electron chi connectivity index (χ3n) is 2.63. The van der Waals surface area contributed by atoms with E-state index in [2.05, 4.69) is 0 Å². The lowest BCUT2D eigenvalue weighted by Crippen LogP contribution is -2.17. The molecule has 1 nitrogen and oxygen atoms in total. The van der Waals surface area contributed by atoms with Crippen LogP contribution in [0.4, 0.5) is 0 Å². The topological polar surface area (TPSA) is 17.1 Å². The minimum atomic E-state index is -0.0408. The fourth-order valence-electron chi connectivity index (χ4n) is 1.24. The second-order valence-electron chi connectivity index (χ2n) is 4.00. The molecule has 1 rings (SSSR count). The van der Waals surface area contributed by atoms with Crippen LogP contribution in [0.5, 0.6) is 0 Å². The Morgan fingerprint density at radius 1 is 1.20 bits per heavy atom. The highest BCUT2D eigenvalue weighted by Crippen LogP contribution is 2.28. The predicted molar refractivity (Wildman–Crippen MR) is 64.8 cm³/mol. The van der Waals surface area contributed by atoms with Gasteiger partial charge in [-0.05, 0) is 18.1 Å². The van der Waals surface area contributed by atoms with E-state index in [4.69, 9.17) is 23.2 Å². The molecule has 0 spiro atoms. The molecule has 0 saturated heterocycles. The second kappa shape index (κ2) is 5.00. The fourth-order valence-corrected chi connectivity index (χ4v) is 1.64. The van der Waals surface area contributed by atoms with Gasteiger partial charge in [0.2, 0.25) is 0 Å². The largest absolute Gasteiger partial charge is 0.294 e. The first-order valence-electron chi connectivity index (χ1n) is 4.93. The van der Waals surface area contributed by atoms with Gasteiger partial charge in [-0.1, -0.05) is 50.0 Å². The number of hydrogen-bond acceptors (Lipinski definition) is 1. The van der Waals surface area contributed by atoms with Gasteiger partial charge in [0.1, 0.15) is 0 Å². The maximum absolute atomic E-state index is 12.0. The highest BCUT2D eigenvalue weighted by Gasteiger charge is 2.21. The lowest BCUT2D eigenvalue weighted by Gasteiger charge is -2.15. The summed E-state index contributed by atoms with van der Waals surface area (Å²) < 4.78 is 0. The van der Waals surface area contributed by atoms with Crippen LogP contribution in [0.15, 0.2) is 18.2 Å². The summed E-state index contributed by atoms with van der Waals surface area (Å²) in [4.78, 5) is 12.0. The van der Waals surface area contributed by atoms with E-state index in [0.29, 0.717) is 21.5 Å². The zero-order chi connectivity index (χ0) is 11.6. The summed E-state index contributed by atoms with van der Waals surface area (Å²) >= 11 is 11.8. The van der Waals surface area contributed by atoms with E-state index < -0.39 is 0 Å². The second-order valence-corrected chi connectivity index (χ2v) is 4.78. The van der Waals surface area contributed by atoms with Crippen molar-refractivity contribution in [3.8, 4) is 0 Å². The fraction of sp³-hybridized carbons (Fsp3) is 0.417. The van der Waals surface area contributed by atoms with Gasteiger partial charge in [0, 0.05) is 11.5 Å². The van der Waals surface area contributed by atoms with Crippen LogP contribution in [0.3, 0.4) is 0 Å². The van der Waals surface area contributed by atoms with E-state index in [1.807, 2.05) is 20.8 Å². The van der Waals surface area contributed by atoms with Crippen LogP contribution in [0, 0.1) is 11.8 Å². The van der Waals surface area contributed by atoms with E-state index in [0.717, 1.165) is 0 Å². The molecule has 0 bridgehead atoms. The molecule has 0 aliphatic carbocycles. The Hall–Kier alpha value is -0.530. The van der Waals surface area contributed by atoms with Gasteiger partial charge in [0.25, 0.3) is 0 Å². The summed E-state index contributed by atoms with van der Waals surface area (Å²) in [6, 6.07) is 5.14. The summed E-state index contributed by atoms with van der Waals surface area (Å²) in [5.41, 5.74) is 0.519. The maximum atomic E-state index is 12.0. The predicted octanol–water partition coefficient (Wildman–Crippen LogP) is 4.47. The number of carbonyl (C=O) groups is 1. The molecule has 3 heteroatoms. The Morgan fingerprint density at radius 2 is 1.80 bits per heavy atom. The number of rotatable bonds is 3. The third kappa shape index (κ3) is 2.73. The summed E-state index contributed by atoms with van der Waals surface area (Å²) in [5, 5.41) is 0.787. The van der Waals surface area contributed by atoms with Crippen molar-refractivity contribution < 1.29 is 4.79 Å². The number of ketones is 1. The summed E-state index contributed by atoms with van der Waals surface area (Å²) in [6.07, 6.45) is 0. The molecule has 0 N–H and O–H groups in total. The van der Waals surface area contributed by atoms with Crippen LogP contribution in [0.1, 0.15) is 31.1 Å². The molecule has 0 fully saturated rings. The Balaban J connectivity index is 3.07. The van der Waals surface area contributed by atoms with Crippen molar-refractivity contribution in [2.24, 2.45) is 11.8 Å². The van der Waals surface area contributed by atoms with Crippen molar-refractivity contribution in [3.63, 3.8) is 0 Å². The molecule has 0 saturated carbocycles. The summed E-state index contributed by atoms with van der Waals surface area (Å²) in [6.45, 7) is 5.94. The van der Waals surface area contributed by atoms with Gasteiger partial charge in [0.15, 0.2) is 5.78 Å². The van der Waals surface area contributed by atoms with Gasteiger partial charge in [0.05, 0.1) is 10.0 Å². The van der Waals surface area contributed by atoms with Crippen LogP contribution < -0.4 is 0 Å². The minimum Gasteiger partial charge on any atom is -0.294 e. The first-order chi connectivity index (χ1) is 6.95. The minimum absolute atomic E-state index is 0.0408. The Labute approximate surface area is 100 Å². The molecule has 0 heterocycles. The lowest BCUT2D eigenvalue weighted by atomic mass is 9.90. The maximum Gasteiger partial charge on any atom is 0.167 e. The molecule has 1 aromatic rings. The number of benzene rings is 1. The normalized spacial score (nSPS) is 12.9. The van der Waals surface area contributed by atoms with Gasteiger partial charge >= 0.3 is 0 Å². The zero-order valence-corrected chi connectivity index (χ0v) is 10.6. The Morgan fingerprint density at radius 3 is 2.33 bits per heavy atom. The molecular formula is C12H14Cl2O. The van der Waals surface area contributed by atoms with Crippen molar-refractivity contribution >= 4 is 29.0 Å². The van der Waals surface area contributed by atoms with Crippen molar-refractivity contribution in [1.29, 1.82) is 0 Å². The average molecular weight is 245 g/mol. The average Bonchev–Trinajstić information content (AvgIpc) is 2.20. The van der Waals surface area contributed by atoms with Crippen molar-refractivity contribution in [3.05, 3.63) is 33.8 Å². The number of hydrogen-bond donors (Lipinski definition) is 0. The Kier molecular flexibility index (Phi) is 4.18. The van der Waals surface area contributed by atoms with E-state index in [1.54, 1.807) is 18.2 Å². The van der Waals surface area contributed by atoms with Crippen LogP contribution in [-0.2, 0) is 0 Å². The van der Waals surface area contributed by atoms with Gasteiger partial charge in [-0.15, -0.1) is 0 Å². The molecule has 0 aliphatic heterocycles. The van der Waals surface area contributed by atoms with Crippen molar-refractivity contribution in [2.45, 2.75) is 20.8 Å². The van der Waals surface area contributed by atoms with Gasteiger partial charge < -0.3 is 0 Å². The summed E-state index contributed by atoms with van der Waals surface area (Å²) in [5.74, 6) is 0.311. The molecule has 1 aromatic carbocycles. The van der Waals surface area contributed by atoms with Crippen LogP contribution in [0.2, 0.25) is 10.0 Å². The van der Waals surface area contributed by atoms with Crippen LogP contribution in [-0.4, -0.2) is 5.78 Å². The van der Waals surface area contributed by atoms with E-state index in [-0.39, 0.29) is 11.7 Å². The zero-order valence-electron chi connectivity index (χ0n) is 9.05. The first-order valence-corrected chi connectivity index (χ1v) is 5.69. The van der Waals surface area contributed by atoms with Gasteiger partial charge in [-0.25, -0.2) is 0 Å². The van der Waals surface area contributed by atoms with E-state index in [9.17, 15) is 4.79 Å². The quantitative estimate of drug-likeness (QED) is 0.718. The molecule has 82 valence electrons. The number of Topliss-reactive ketones (excluding diaryl/α,β-unsaturated/α-hetero) is 1. The standard InChI is InChI=1S/C12H14Cl2O/c1-7(2)8(3)12(15)9-5-4-6-10(13)11(9)14/h4-8H,1-3H3. The highest BCUT2D eigenvalue weighted by molar-refractivity contribution is 6.43. The molecular weight excluding hydrogens is 231 g/mol. The number of carbonyl (C=O) groups excluding carboxylic acids is 1. The highest BCUT2D eigenvalue weighted by atomic mass is 35.5. The molecule has 0 radical (unpaired) electrons. The van der Waals surface area contributed by atoms with Crippen molar-refractivity contribution in [1.82, 2.24) is 0 Å². The van der Waals surface area contributed by atoms with E-state index >= 15 is 0 Å². The van der Waals surface area contributed by atoms with Gasteiger partial charge in [-0.2, -0.15) is 0 Å². The molecule has 0 amide bonds. The SMILES string of the molecule is CC(C)C(C)C(=O)c1cccc(Cl)c1Cl. The smallest absolute Gasteiger partial charge is 0.167 e. The van der Waals surface area contributed by atoms with Crippen molar-refractivity contribution in [2.75, 3.05) is 0 Å². The van der Waals surface area contributed by atoms with E-state index in [1.165, 1.54) is 0 Å². The first kappa shape index (κ1) is 12.5. The molecule has 0 aliphatic rings. The third-order valence-corrected chi connectivity index (χ3v) is 3.45. The van der Waals surface area contributed by atoms with Crippen LogP contribution >= 0.6 is 23.2 Å².